The lowest BCUT2D eigenvalue weighted by Gasteiger charge is -2.15. The molecule has 0 spiro atoms. The van der Waals surface area contributed by atoms with E-state index in [1.165, 1.54) is 0 Å². The highest BCUT2D eigenvalue weighted by Crippen LogP contribution is 2.18. The predicted molar refractivity (Wildman–Crippen MR) is 62.5 cm³/mol. The number of halogens is 2. The van der Waals surface area contributed by atoms with E-state index in [0.29, 0.717) is 11.6 Å². The number of hydrogen-bond acceptors (Lipinski definition) is 2. The quantitative estimate of drug-likeness (QED) is 0.872. The molecule has 0 heterocycles. The molecule has 80 valence electrons. The summed E-state index contributed by atoms with van der Waals surface area (Å²) in [6.07, 6.45) is 0.988. The highest BCUT2D eigenvalue weighted by molar-refractivity contribution is 6.30. The smallest absolute Gasteiger partial charge is 0.121 e. The lowest BCUT2D eigenvalue weighted by Crippen LogP contribution is -2.25. The number of hydrogen-bond donors (Lipinski definition) is 1. The van der Waals surface area contributed by atoms with E-state index in [1.54, 1.807) is 6.07 Å². The normalized spacial score (nSPS) is 11.6. The molecule has 4 heteroatoms. The minimum atomic E-state index is 0. The zero-order chi connectivity index (χ0) is 9.68. The van der Waals surface area contributed by atoms with Gasteiger partial charge >= 0.3 is 0 Å². The standard InChI is InChI=1S/C10H14ClNO.ClH/c1-2-9(7-12)13-10-5-3-4-8(11)6-10;/h3-6,9H,2,7,12H2,1H3;1H. The van der Waals surface area contributed by atoms with Gasteiger partial charge in [-0.05, 0) is 24.6 Å². The van der Waals surface area contributed by atoms with Gasteiger partial charge in [0.1, 0.15) is 11.9 Å². The van der Waals surface area contributed by atoms with Crippen LogP contribution in [0.1, 0.15) is 13.3 Å². The molecule has 2 nitrogen and oxygen atoms in total. The Kier molecular flexibility index (Phi) is 6.71. The molecule has 1 aromatic carbocycles. The van der Waals surface area contributed by atoms with Crippen molar-refractivity contribution in [3.05, 3.63) is 29.3 Å². The van der Waals surface area contributed by atoms with Crippen molar-refractivity contribution in [3.8, 4) is 5.75 Å². The van der Waals surface area contributed by atoms with E-state index in [2.05, 4.69) is 0 Å². The van der Waals surface area contributed by atoms with Crippen LogP contribution in [0.15, 0.2) is 24.3 Å². The van der Waals surface area contributed by atoms with Gasteiger partial charge in [-0.1, -0.05) is 24.6 Å². The lowest BCUT2D eigenvalue weighted by atomic mass is 10.2. The summed E-state index contributed by atoms with van der Waals surface area (Å²) in [6, 6.07) is 7.35. The molecule has 0 aromatic heterocycles. The van der Waals surface area contributed by atoms with Crippen LogP contribution in [-0.2, 0) is 0 Å². The second kappa shape index (κ2) is 6.93. The molecular weight excluding hydrogens is 221 g/mol. The molecule has 1 aromatic rings. The highest BCUT2D eigenvalue weighted by atomic mass is 35.5. The fourth-order valence-corrected chi connectivity index (χ4v) is 1.21. The molecule has 14 heavy (non-hydrogen) atoms. The van der Waals surface area contributed by atoms with Gasteiger partial charge in [-0.15, -0.1) is 12.4 Å². The van der Waals surface area contributed by atoms with Crippen LogP contribution >= 0.6 is 24.0 Å². The van der Waals surface area contributed by atoms with Gasteiger partial charge in [0.2, 0.25) is 0 Å². The van der Waals surface area contributed by atoms with Gasteiger partial charge in [0.25, 0.3) is 0 Å². The van der Waals surface area contributed by atoms with E-state index in [4.69, 9.17) is 22.1 Å². The van der Waals surface area contributed by atoms with Gasteiger partial charge in [-0.3, -0.25) is 0 Å². The first-order valence-corrected chi connectivity index (χ1v) is 4.76. The average Bonchev–Trinajstić information content (AvgIpc) is 2.14. The van der Waals surface area contributed by atoms with Gasteiger partial charge in [-0.25, -0.2) is 0 Å². The Hall–Kier alpha value is -0.440. The predicted octanol–water partition coefficient (Wildman–Crippen LogP) is 2.88. The number of benzene rings is 1. The summed E-state index contributed by atoms with van der Waals surface area (Å²) in [6.45, 7) is 2.57. The second-order valence-corrected chi connectivity index (χ2v) is 3.28. The van der Waals surface area contributed by atoms with E-state index in [0.717, 1.165) is 12.2 Å². The Morgan fingerprint density at radius 3 is 2.71 bits per heavy atom. The zero-order valence-electron chi connectivity index (χ0n) is 8.07. The van der Waals surface area contributed by atoms with Crippen molar-refractivity contribution in [2.75, 3.05) is 6.54 Å². The number of rotatable bonds is 4. The van der Waals surface area contributed by atoms with Crippen molar-refractivity contribution in [1.82, 2.24) is 0 Å². The van der Waals surface area contributed by atoms with Crippen molar-refractivity contribution in [3.63, 3.8) is 0 Å². The molecule has 0 aliphatic rings. The summed E-state index contributed by atoms with van der Waals surface area (Å²) < 4.78 is 5.58. The Labute approximate surface area is 95.8 Å². The third kappa shape index (κ3) is 4.18. The summed E-state index contributed by atoms with van der Waals surface area (Å²) >= 11 is 5.80. The fourth-order valence-electron chi connectivity index (χ4n) is 1.03. The molecular formula is C10H15Cl2NO. The van der Waals surface area contributed by atoms with Gasteiger partial charge in [0, 0.05) is 11.6 Å². The summed E-state index contributed by atoms with van der Waals surface area (Å²) in [7, 11) is 0. The molecule has 1 rings (SSSR count). The van der Waals surface area contributed by atoms with Crippen LogP contribution < -0.4 is 10.5 Å². The minimum absolute atomic E-state index is 0. The maximum Gasteiger partial charge on any atom is 0.121 e. The van der Waals surface area contributed by atoms with Gasteiger partial charge < -0.3 is 10.5 Å². The molecule has 0 saturated heterocycles. The summed E-state index contributed by atoms with van der Waals surface area (Å²) in [4.78, 5) is 0. The van der Waals surface area contributed by atoms with Crippen molar-refractivity contribution >= 4 is 24.0 Å². The maximum atomic E-state index is 5.80. The second-order valence-electron chi connectivity index (χ2n) is 2.84. The third-order valence-electron chi connectivity index (χ3n) is 1.82. The fraction of sp³-hybridized carbons (Fsp3) is 0.400. The van der Waals surface area contributed by atoms with E-state index < -0.39 is 0 Å². The van der Waals surface area contributed by atoms with Crippen molar-refractivity contribution < 1.29 is 4.74 Å². The van der Waals surface area contributed by atoms with E-state index in [-0.39, 0.29) is 18.5 Å². The average molecular weight is 236 g/mol. The lowest BCUT2D eigenvalue weighted by molar-refractivity contribution is 0.205. The van der Waals surface area contributed by atoms with Crippen LogP contribution in [0.4, 0.5) is 0 Å². The van der Waals surface area contributed by atoms with Crippen molar-refractivity contribution in [2.45, 2.75) is 19.4 Å². The molecule has 0 saturated carbocycles. The monoisotopic (exact) mass is 235 g/mol. The Morgan fingerprint density at radius 1 is 1.50 bits per heavy atom. The summed E-state index contributed by atoms with van der Waals surface area (Å²) in [5.41, 5.74) is 5.51. The molecule has 0 aliphatic carbocycles. The largest absolute Gasteiger partial charge is 0.489 e. The number of nitrogens with two attached hydrogens (primary N) is 1. The molecule has 0 bridgehead atoms. The number of ether oxygens (including phenoxy) is 1. The van der Waals surface area contributed by atoms with Crippen LogP contribution in [0.2, 0.25) is 5.02 Å². The minimum Gasteiger partial charge on any atom is -0.489 e. The van der Waals surface area contributed by atoms with Gasteiger partial charge in [-0.2, -0.15) is 0 Å². The molecule has 1 unspecified atom stereocenters. The Balaban J connectivity index is 0.00000169. The molecule has 0 radical (unpaired) electrons. The van der Waals surface area contributed by atoms with E-state index in [9.17, 15) is 0 Å². The van der Waals surface area contributed by atoms with E-state index in [1.807, 2.05) is 25.1 Å². The SMILES string of the molecule is CCC(CN)Oc1cccc(Cl)c1.Cl. The van der Waals surface area contributed by atoms with Crippen LogP contribution in [0, 0.1) is 0 Å². The Bertz CT molecular complexity index is 264. The molecule has 1 atom stereocenters. The molecule has 2 N–H and O–H groups in total. The van der Waals surface area contributed by atoms with Crippen LogP contribution in [0.5, 0.6) is 5.75 Å². The van der Waals surface area contributed by atoms with E-state index >= 15 is 0 Å². The third-order valence-corrected chi connectivity index (χ3v) is 2.05. The van der Waals surface area contributed by atoms with Crippen LogP contribution in [-0.4, -0.2) is 12.6 Å². The topological polar surface area (TPSA) is 35.2 Å². The zero-order valence-corrected chi connectivity index (χ0v) is 9.65. The summed E-state index contributed by atoms with van der Waals surface area (Å²) in [5, 5.41) is 0.685. The first-order chi connectivity index (χ1) is 6.26. The first kappa shape index (κ1) is 13.6. The summed E-state index contributed by atoms with van der Waals surface area (Å²) in [5.74, 6) is 0.782. The van der Waals surface area contributed by atoms with Gasteiger partial charge in [0.15, 0.2) is 0 Å². The Morgan fingerprint density at radius 2 is 2.21 bits per heavy atom. The van der Waals surface area contributed by atoms with Gasteiger partial charge in [0.05, 0.1) is 0 Å². The molecule has 0 fully saturated rings. The van der Waals surface area contributed by atoms with Crippen LogP contribution in [0.3, 0.4) is 0 Å². The van der Waals surface area contributed by atoms with Crippen molar-refractivity contribution in [2.24, 2.45) is 5.73 Å². The molecule has 0 amide bonds. The van der Waals surface area contributed by atoms with Crippen LogP contribution in [0.25, 0.3) is 0 Å². The molecule has 0 aliphatic heterocycles. The van der Waals surface area contributed by atoms with Crippen molar-refractivity contribution in [1.29, 1.82) is 0 Å². The maximum absolute atomic E-state index is 5.80. The highest BCUT2D eigenvalue weighted by Gasteiger charge is 2.04. The first-order valence-electron chi connectivity index (χ1n) is 4.38.